The summed E-state index contributed by atoms with van der Waals surface area (Å²) in [6.45, 7) is 0. The Morgan fingerprint density at radius 2 is 1.89 bits per heavy atom. The molecule has 0 spiro atoms. The van der Waals surface area contributed by atoms with E-state index in [1.54, 1.807) is 12.1 Å². The summed E-state index contributed by atoms with van der Waals surface area (Å²) in [6.07, 6.45) is 0. The molecule has 0 aliphatic heterocycles. The van der Waals surface area contributed by atoms with E-state index < -0.39 is 17.7 Å². The van der Waals surface area contributed by atoms with E-state index in [1.807, 2.05) is 0 Å². The summed E-state index contributed by atoms with van der Waals surface area (Å²) >= 11 is 5.69. The molecule has 2 nitrogen and oxygen atoms in total. The number of hydrogen-bond donors (Lipinski definition) is 1. The number of ether oxygens (including phenoxy) is 1. The Balaban J connectivity index is 2.44. The van der Waals surface area contributed by atoms with Crippen molar-refractivity contribution in [3.05, 3.63) is 64.2 Å². The van der Waals surface area contributed by atoms with Gasteiger partial charge in [-0.2, -0.15) is 0 Å². The zero-order valence-electron chi connectivity index (χ0n) is 10.2. The molecule has 2 aromatic carbocycles. The van der Waals surface area contributed by atoms with E-state index in [1.165, 1.54) is 31.4 Å². The number of halogens is 3. The van der Waals surface area contributed by atoms with Gasteiger partial charge in [0.2, 0.25) is 0 Å². The normalized spacial score (nSPS) is 12.3. The maximum absolute atomic E-state index is 13.9. The van der Waals surface area contributed by atoms with E-state index in [2.05, 4.69) is 0 Å². The number of methoxy groups -OCH3 is 1. The van der Waals surface area contributed by atoms with Crippen LogP contribution in [0.25, 0.3) is 0 Å². The second kappa shape index (κ2) is 5.55. The molecule has 1 unspecified atom stereocenters. The van der Waals surface area contributed by atoms with Gasteiger partial charge in [-0.25, -0.2) is 8.78 Å². The molecule has 0 heterocycles. The van der Waals surface area contributed by atoms with Crippen molar-refractivity contribution < 1.29 is 13.5 Å². The SMILES string of the molecule is COc1ccc(C(N)c2cccc(Cl)c2F)c(F)c1. The van der Waals surface area contributed by atoms with Crippen molar-refractivity contribution >= 4 is 11.6 Å². The lowest BCUT2D eigenvalue weighted by molar-refractivity contribution is 0.410. The predicted molar refractivity (Wildman–Crippen MR) is 70.4 cm³/mol. The Morgan fingerprint density at radius 1 is 1.16 bits per heavy atom. The standard InChI is InChI=1S/C14H12ClF2NO/c1-19-8-5-6-9(12(16)7-8)14(18)10-3-2-4-11(15)13(10)17/h2-7,14H,18H2,1H3. The molecule has 2 N–H and O–H groups in total. The zero-order valence-corrected chi connectivity index (χ0v) is 10.9. The number of nitrogens with two attached hydrogens (primary N) is 1. The van der Waals surface area contributed by atoms with Crippen LogP contribution in [0.1, 0.15) is 17.2 Å². The summed E-state index contributed by atoms with van der Waals surface area (Å²) in [6, 6.07) is 7.79. The highest BCUT2D eigenvalue weighted by atomic mass is 35.5. The average molecular weight is 284 g/mol. The monoisotopic (exact) mass is 283 g/mol. The second-order valence-electron chi connectivity index (χ2n) is 4.01. The molecule has 5 heteroatoms. The summed E-state index contributed by atoms with van der Waals surface area (Å²) in [4.78, 5) is 0. The predicted octanol–water partition coefficient (Wildman–Crippen LogP) is 3.67. The summed E-state index contributed by atoms with van der Waals surface area (Å²) < 4.78 is 32.6. The fourth-order valence-corrected chi connectivity index (χ4v) is 2.00. The van der Waals surface area contributed by atoms with Gasteiger partial charge in [-0.1, -0.05) is 29.8 Å². The van der Waals surface area contributed by atoms with Crippen molar-refractivity contribution in [3.8, 4) is 5.75 Å². The molecule has 0 saturated heterocycles. The van der Waals surface area contributed by atoms with Crippen LogP contribution in [-0.2, 0) is 0 Å². The Bertz CT molecular complexity index is 604. The van der Waals surface area contributed by atoms with Gasteiger partial charge in [-0.05, 0) is 12.1 Å². The smallest absolute Gasteiger partial charge is 0.146 e. The summed E-state index contributed by atoms with van der Waals surface area (Å²) in [5, 5.41) is -0.0399. The van der Waals surface area contributed by atoms with Gasteiger partial charge in [0.05, 0.1) is 18.2 Å². The van der Waals surface area contributed by atoms with E-state index in [9.17, 15) is 8.78 Å². The van der Waals surface area contributed by atoms with Crippen molar-refractivity contribution in [2.24, 2.45) is 5.73 Å². The Kier molecular flexibility index (Phi) is 4.02. The highest BCUT2D eigenvalue weighted by Gasteiger charge is 2.19. The fraction of sp³-hybridized carbons (Fsp3) is 0.143. The van der Waals surface area contributed by atoms with Crippen LogP contribution in [0.4, 0.5) is 8.78 Å². The number of benzene rings is 2. The van der Waals surface area contributed by atoms with Crippen molar-refractivity contribution in [3.63, 3.8) is 0 Å². The van der Waals surface area contributed by atoms with Gasteiger partial charge >= 0.3 is 0 Å². The molecule has 19 heavy (non-hydrogen) atoms. The first-order valence-corrected chi connectivity index (χ1v) is 5.95. The van der Waals surface area contributed by atoms with Crippen molar-refractivity contribution in [1.29, 1.82) is 0 Å². The first kappa shape index (κ1) is 13.8. The summed E-state index contributed by atoms with van der Waals surface area (Å²) in [7, 11) is 1.44. The van der Waals surface area contributed by atoms with Crippen molar-refractivity contribution in [1.82, 2.24) is 0 Å². The first-order chi connectivity index (χ1) is 9.04. The second-order valence-corrected chi connectivity index (χ2v) is 4.42. The van der Waals surface area contributed by atoms with Crippen LogP contribution < -0.4 is 10.5 Å². The topological polar surface area (TPSA) is 35.2 Å². The highest BCUT2D eigenvalue weighted by molar-refractivity contribution is 6.30. The van der Waals surface area contributed by atoms with Crippen LogP contribution in [0, 0.1) is 11.6 Å². The Labute approximate surface area is 114 Å². The lowest BCUT2D eigenvalue weighted by Gasteiger charge is -2.15. The quantitative estimate of drug-likeness (QED) is 0.933. The molecular weight excluding hydrogens is 272 g/mol. The molecule has 100 valence electrons. The van der Waals surface area contributed by atoms with Crippen LogP contribution in [0.15, 0.2) is 36.4 Å². The van der Waals surface area contributed by atoms with Gasteiger partial charge in [0.15, 0.2) is 0 Å². The largest absolute Gasteiger partial charge is 0.497 e. The molecule has 0 fully saturated rings. The molecule has 0 saturated carbocycles. The van der Waals surface area contributed by atoms with Crippen LogP contribution >= 0.6 is 11.6 Å². The Hall–Kier alpha value is -1.65. The molecule has 0 bridgehead atoms. The van der Waals surface area contributed by atoms with Gasteiger partial charge < -0.3 is 10.5 Å². The third-order valence-corrected chi connectivity index (χ3v) is 3.15. The van der Waals surface area contributed by atoms with Crippen LogP contribution in [0.3, 0.4) is 0 Å². The maximum Gasteiger partial charge on any atom is 0.146 e. The molecule has 2 rings (SSSR count). The number of hydrogen-bond acceptors (Lipinski definition) is 2. The Morgan fingerprint density at radius 3 is 2.53 bits per heavy atom. The van der Waals surface area contributed by atoms with Gasteiger partial charge in [-0.3, -0.25) is 0 Å². The molecule has 1 atom stereocenters. The van der Waals surface area contributed by atoms with E-state index >= 15 is 0 Å². The summed E-state index contributed by atoms with van der Waals surface area (Å²) in [5.74, 6) is -0.807. The minimum absolute atomic E-state index is 0.0399. The molecule has 0 aliphatic rings. The van der Waals surface area contributed by atoms with Gasteiger partial charge in [0, 0.05) is 17.2 Å². The average Bonchev–Trinajstić information content (AvgIpc) is 2.41. The van der Waals surface area contributed by atoms with Gasteiger partial charge in [-0.15, -0.1) is 0 Å². The van der Waals surface area contributed by atoms with E-state index in [-0.39, 0.29) is 16.1 Å². The molecule has 0 aliphatic carbocycles. The highest BCUT2D eigenvalue weighted by Crippen LogP contribution is 2.29. The third-order valence-electron chi connectivity index (χ3n) is 2.86. The van der Waals surface area contributed by atoms with Crippen LogP contribution in [-0.4, -0.2) is 7.11 Å². The minimum Gasteiger partial charge on any atom is -0.497 e. The fourth-order valence-electron chi connectivity index (χ4n) is 1.82. The molecule has 0 amide bonds. The minimum atomic E-state index is -0.926. The van der Waals surface area contributed by atoms with E-state index in [4.69, 9.17) is 22.1 Å². The molecule has 0 radical (unpaired) electrons. The number of rotatable bonds is 3. The van der Waals surface area contributed by atoms with Crippen molar-refractivity contribution in [2.75, 3.05) is 7.11 Å². The molecule has 2 aromatic rings. The molecular formula is C14H12ClF2NO. The zero-order chi connectivity index (χ0) is 14.0. The van der Waals surface area contributed by atoms with E-state index in [0.29, 0.717) is 5.75 Å². The molecule has 0 aromatic heterocycles. The maximum atomic E-state index is 13.9. The lowest BCUT2D eigenvalue weighted by Crippen LogP contribution is -2.15. The van der Waals surface area contributed by atoms with Crippen molar-refractivity contribution in [2.45, 2.75) is 6.04 Å². The van der Waals surface area contributed by atoms with E-state index in [0.717, 1.165) is 0 Å². The third kappa shape index (κ3) is 2.69. The van der Waals surface area contributed by atoms with Gasteiger partial charge in [0.1, 0.15) is 17.4 Å². The van der Waals surface area contributed by atoms with Crippen LogP contribution in [0.5, 0.6) is 5.75 Å². The van der Waals surface area contributed by atoms with Crippen LogP contribution in [0.2, 0.25) is 5.02 Å². The van der Waals surface area contributed by atoms with Gasteiger partial charge in [0.25, 0.3) is 0 Å². The first-order valence-electron chi connectivity index (χ1n) is 5.57. The summed E-state index contributed by atoms with van der Waals surface area (Å²) in [5.41, 5.74) is 6.23. The lowest BCUT2D eigenvalue weighted by atomic mass is 9.98.